The highest BCUT2D eigenvalue weighted by molar-refractivity contribution is 5.60. The molecule has 0 aromatic rings. The smallest absolute Gasteiger partial charge is 0.188 e. The quantitative estimate of drug-likeness (QED) is 0.387. The highest BCUT2D eigenvalue weighted by Crippen LogP contribution is 2.18. The van der Waals surface area contributed by atoms with Crippen LogP contribution in [-0.4, -0.2) is 28.8 Å². The average Bonchev–Trinajstić information content (AvgIpc) is 2.21. The molecular formula is C12H23NO2. The highest BCUT2D eigenvalue weighted by atomic mass is 16.5. The fourth-order valence-electron chi connectivity index (χ4n) is 1.67. The SMILES string of the molecule is C/C=C\C(CC)C(CCC)N=CC(O)O. The van der Waals surface area contributed by atoms with E-state index in [4.69, 9.17) is 10.2 Å². The molecule has 3 heteroatoms. The Hall–Kier alpha value is -0.670. The lowest BCUT2D eigenvalue weighted by atomic mass is 9.93. The zero-order chi connectivity index (χ0) is 11.7. The number of aliphatic hydroxyl groups is 2. The van der Waals surface area contributed by atoms with E-state index in [1.54, 1.807) is 0 Å². The average molecular weight is 213 g/mol. The normalized spacial score (nSPS) is 16.7. The van der Waals surface area contributed by atoms with Crippen LogP contribution in [0, 0.1) is 5.92 Å². The first kappa shape index (κ1) is 14.3. The second-order valence-corrected chi connectivity index (χ2v) is 3.67. The molecule has 15 heavy (non-hydrogen) atoms. The number of hydrogen-bond donors (Lipinski definition) is 2. The zero-order valence-electron chi connectivity index (χ0n) is 9.93. The van der Waals surface area contributed by atoms with Gasteiger partial charge in [-0.05, 0) is 25.7 Å². The van der Waals surface area contributed by atoms with Gasteiger partial charge in [-0.3, -0.25) is 4.99 Å². The van der Waals surface area contributed by atoms with Gasteiger partial charge >= 0.3 is 0 Å². The van der Waals surface area contributed by atoms with Crippen molar-refractivity contribution >= 4 is 6.21 Å². The molecule has 0 aromatic carbocycles. The molecule has 0 saturated heterocycles. The Balaban J connectivity index is 4.46. The molecule has 0 heterocycles. The van der Waals surface area contributed by atoms with E-state index in [9.17, 15) is 0 Å². The number of rotatable bonds is 7. The predicted molar refractivity (Wildman–Crippen MR) is 64.0 cm³/mol. The second kappa shape index (κ2) is 8.62. The van der Waals surface area contributed by atoms with Crippen molar-refractivity contribution < 1.29 is 10.2 Å². The van der Waals surface area contributed by atoms with Crippen molar-refractivity contribution in [3.05, 3.63) is 12.2 Å². The van der Waals surface area contributed by atoms with E-state index >= 15 is 0 Å². The van der Waals surface area contributed by atoms with E-state index < -0.39 is 6.29 Å². The summed E-state index contributed by atoms with van der Waals surface area (Å²) in [6, 6.07) is 0.165. The van der Waals surface area contributed by atoms with Crippen LogP contribution in [0.25, 0.3) is 0 Å². The van der Waals surface area contributed by atoms with Gasteiger partial charge in [0.2, 0.25) is 0 Å². The van der Waals surface area contributed by atoms with E-state index in [2.05, 4.69) is 24.9 Å². The van der Waals surface area contributed by atoms with E-state index in [0.29, 0.717) is 5.92 Å². The summed E-state index contributed by atoms with van der Waals surface area (Å²) < 4.78 is 0. The van der Waals surface area contributed by atoms with Gasteiger partial charge in [0.15, 0.2) is 6.29 Å². The van der Waals surface area contributed by atoms with E-state index in [1.165, 1.54) is 6.21 Å². The molecular weight excluding hydrogens is 190 g/mol. The Kier molecular flexibility index (Phi) is 8.24. The fourth-order valence-corrected chi connectivity index (χ4v) is 1.67. The monoisotopic (exact) mass is 213 g/mol. The standard InChI is InChI=1S/C12H23NO2/c1-4-7-10(6-3)11(8-5-2)13-9-12(14)15/h4,7,9-12,14-15H,5-6,8H2,1-3H3/b7-4-,13-9?. The predicted octanol–water partition coefficient (Wildman–Crippen LogP) is 2.14. The molecule has 3 nitrogen and oxygen atoms in total. The summed E-state index contributed by atoms with van der Waals surface area (Å²) in [7, 11) is 0. The fraction of sp³-hybridized carbons (Fsp3) is 0.750. The highest BCUT2D eigenvalue weighted by Gasteiger charge is 2.14. The summed E-state index contributed by atoms with van der Waals surface area (Å²) in [5.41, 5.74) is 0. The third-order valence-corrected chi connectivity index (χ3v) is 2.40. The van der Waals surface area contributed by atoms with E-state index in [1.807, 2.05) is 13.0 Å². The van der Waals surface area contributed by atoms with Crippen LogP contribution in [0.3, 0.4) is 0 Å². The molecule has 0 radical (unpaired) electrons. The van der Waals surface area contributed by atoms with Gasteiger partial charge in [-0.25, -0.2) is 0 Å². The number of allylic oxidation sites excluding steroid dienone is 1. The van der Waals surface area contributed by atoms with Gasteiger partial charge in [-0.15, -0.1) is 0 Å². The largest absolute Gasteiger partial charge is 0.364 e. The number of aliphatic hydroxyl groups excluding tert-OH is 1. The van der Waals surface area contributed by atoms with Crippen molar-refractivity contribution in [2.24, 2.45) is 10.9 Å². The summed E-state index contributed by atoms with van der Waals surface area (Å²) in [5.74, 6) is 0.393. The first-order chi connectivity index (χ1) is 7.15. The van der Waals surface area contributed by atoms with Crippen LogP contribution in [0.15, 0.2) is 17.1 Å². The Morgan fingerprint density at radius 1 is 1.27 bits per heavy atom. The Labute approximate surface area is 92.5 Å². The van der Waals surface area contributed by atoms with Crippen molar-refractivity contribution in [1.82, 2.24) is 0 Å². The van der Waals surface area contributed by atoms with Crippen molar-refractivity contribution in [3.63, 3.8) is 0 Å². The minimum atomic E-state index is -1.44. The maximum absolute atomic E-state index is 8.74. The van der Waals surface area contributed by atoms with Gasteiger partial charge in [-0.2, -0.15) is 0 Å². The molecule has 0 rings (SSSR count). The van der Waals surface area contributed by atoms with Crippen molar-refractivity contribution in [3.8, 4) is 0 Å². The Bertz CT molecular complexity index is 200. The minimum Gasteiger partial charge on any atom is -0.364 e. The van der Waals surface area contributed by atoms with Crippen LogP contribution in [-0.2, 0) is 0 Å². The molecule has 0 spiro atoms. The zero-order valence-corrected chi connectivity index (χ0v) is 9.93. The molecule has 0 fully saturated rings. The molecule has 0 aliphatic carbocycles. The Morgan fingerprint density at radius 2 is 1.93 bits per heavy atom. The molecule has 0 aromatic heterocycles. The summed E-state index contributed by atoms with van der Waals surface area (Å²) in [6.45, 7) is 6.23. The van der Waals surface area contributed by atoms with Crippen LogP contribution >= 0.6 is 0 Å². The van der Waals surface area contributed by atoms with Gasteiger partial charge in [0.1, 0.15) is 0 Å². The maximum Gasteiger partial charge on any atom is 0.188 e. The molecule has 2 atom stereocenters. The molecule has 0 aliphatic heterocycles. The third kappa shape index (κ3) is 6.42. The number of hydrogen-bond acceptors (Lipinski definition) is 3. The molecule has 2 N–H and O–H groups in total. The topological polar surface area (TPSA) is 52.8 Å². The Morgan fingerprint density at radius 3 is 2.33 bits per heavy atom. The van der Waals surface area contributed by atoms with Crippen LogP contribution in [0.4, 0.5) is 0 Å². The summed E-state index contributed by atoms with van der Waals surface area (Å²) >= 11 is 0. The molecule has 0 amide bonds. The van der Waals surface area contributed by atoms with Crippen LogP contribution < -0.4 is 0 Å². The van der Waals surface area contributed by atoms with Gasteiger partial charge in [0, 0.05) is 0 Å². The third-order valence-electron chi connectivity index (χ3n) is 2.40. The van der Waals surface area contributed by atoms with Crippen molar-refractivity contribution in [1.29, 1.82) is 0 Å². The molecule has 0 saturated carbocycles. The second-order valence-electron chi connectivity index (χ2n) is 3.67. The van der Waals surface area contributed by atoms with Crippen molar-refractivity contribution in [2.75, 3.05) is 0 Å². The van der Waals surface area contributed by atoms with Crippen LogP contribution in [0.1, 0.15) is 40.0 Å². The minimum absolute atomic E-state index is 0.165. The summed E-state index contributed by atoms with van der Waals surface area (Å²) in [4.78, 5) is 4.23. The molecule has 0 aliphatic rings. The van der Waals surface area contributed by atoms with Gasteiger partial charge < -0.3 is 10.2 Å². The molecule has 0 bridgehead atoms. The lowest BCUT2D eigenvalue weighted by Crippen LogP contribution is -2.18. The van der Waals surface area contributed by atoms with Gasteiger partial charge in [-0.1, -0.05) is 32.4 Å². The van der Waals surface area contributed by atoms with Gasteiger partial charge in [0.05, 0.1) is 12.3 Å². The first-order valence-corrected chi connectivity index (χ1v) is 5.67. The summed E-state index contributed by atoms with van der Waals surface area (Å²) in [6.07, 6.45) is 7.00. The summed E-state index contributed by atoms with van der Waals surface area (Å²) in [5, 5.41) is 17.5. The van der Waals surface area contributed by atoms with Crippen LogP contribution in [0.2, 0.25) is 0 Å². The van der Waals surface area contributed by atoms with Crippen LogP contribution in [0.5, 0.6) is 0 Å². The lowest BCUT2D eigenvalue weighted by Gasteiger charge is -2.19. The lowest BCUT2D eigenvalue weighted by molar-refractivity contribution is 0.0234. The van der Waals surface area contributed by atoms with Crippen molar-refractivity contribution in [2.45, 2.75) is 52.4 Å². The number of nitrogens with zero attached hydrogens (tertiary/aromatic N) is 1. The van der Waals surface area contributed by atoms with E-state index in [-0.39, 0.29) is 6.04 Å². The number of aliphatic imine (C=N–C) groups is 1. The molecule has 2 unspecified atom stereocenters. The first-order valence-electron chi connectivity index (χ1n) is 5.67. The molecule has 88 valence electrons. The van der Waals surface area contributed by atoms with E-state index in [0.717, 1.165) is 19.3 Å². The van der Waals surface area contributed by atoms with Gasteiger partial charge in [0.25, 0.3) is 0 Å². The maximum atomic E-state index is 8.74.